The van der Waals surface area contributed by atoms with E-state index in [-0.39, 0.29) is 5.34 Å². The van der Waals surface area contributed by atoms with Crippen molar-refractivity contribution >= 4 is 23.2 Å². The van der Waals surface area contributed by atoms with Crippen LogP contribution in [0.2, 0.25) is 0 Å². The van der Waals surface area contributed by atoms with Gasteiger partial charge in [0.2, 0.25) is 0 Å². The van der Waals surface area contributed by atoms with Gasteiger partial charge >= 0.3 is 0 Å². The fourth-order valence-electron chi connectivity index (χ4n) is 1.77. The maximum absolute atomic E-state index is 4.76. The highest BCUT2D eigenvalue weighted by atomic mass is 35.5. The third kappa shape index (κ3) is 12.6. The maximum Gasteiger partial charge on any atom is 0.0967 e. The van der Waals surface area contributed by atoms with Crippen molar-refractivity contribution < 1.29 is 0 Å². The Morgan fingerprint density at radius 2 is 0.538 bits per heavy atom. The van der Waals surface area contributed by atoms with Gasteiger partial charge < -0.3 is 0 Å². The molecule has 1 aliphatic carbocycles. The maximum atomic E-state index is 4.76. The highest BCUT2D eigenvalue weighted by Crippen LogP contribution is 2.15. The minimum Gasteiger partial charge on any atom is -0.109 e. The van der Waals surface area contributed by atoms with Crippen molar-refractivity contribution in [1.29, 1.82) is 0 Å². The Kier molecular flexibility index (Phi) is 13.1. The third-order valence-electron chi connectivity index (χ3n) is 2.50. The summed E-state index contributed by atoms with van der Waals surface area (Å²) in [6, 6.07) is 0. The molecule has 13 heavy (non-hydrogen) atoms. The summed E-state index contributed by atoms with van der Waals surface area (Å²) in [5.74, 6) is 0. The second-order valence-electron chi connectivity index (χ2n) is 3.64. The molecule has 0 aromatic rings. The molecule has 1 saturated carbocycles. The van der Waals surface area contributed by atoms with E-state index in [9.17, 15) is 0 Å². The van der Waals surface area contributed by atoms with Crippen LogP contribution in [-0.2, 0) is 0 Å². The van der Waals surface area contributed by atoms with E-state index in [1.54, 1.807) is 0 Å². The predicted molar refractivity (Wildman–Crippen MR) is 62.7 cm³/mol. The summed E-state index contributed by atoms with van der Waals surface area (Å²) >= 11 is 9.53. The van der Waals surface area contributed by atoms with Gasteiger partial charge in [0, 0.05) is 0 Å². The van der Waals surface area contributed by atoms with Gasteiger partial charge in [0.05, 0.1) is 5.34 Å². The molecule has 0 aromatic carbocycles. The van der Waals surface area contributed by atoms with Crippen molar-refractivity contribution in [2.75, 3.05) is 5.34 Å². The van der Waals surface area contributed by atoms with E-state index in [4.69, 9.17) is 23.2 Å². The van der Waals surface area contributed by atoms with Crippen molar-refractivity contribution in [2.24, 2.45) is 0 Å². The Labute approximate surface area is 93.0 Å². The quantitative estimate of drug-likeness (QED) is 0.489. The van der Waals surface area contributed by atoms with Gasteiger partial charge in [-0.3, -0.25) is 0 Å². The third-order valence-corrected chi connectivity index (χ3v) is 2.50. The first-order valence-corrected chi connectivity index (χ1v) is 6.60. The molecule has 0 unspecified atom stereocenters. The molecular weight excluding hydrogens is 203 g/mol. The van der Waals surface area contributed by atoms with Crippen LogP contribution in [0.1, 0.15) is 64.2 Å². The second-order valence-corrected chi connectivity index (χ2v) is 4.44. The lowest BCUT2D eigenvalue weighted by Gasteiger charge is -2.05. The number of rotatable bonds is 0. The van der Waals surface area contributed by atoms with Gasteiger partial charge in [-0.25, -0.2) is 0 Å². The Hall–Kier alpha value is 0.580. The first-order chi connectivity index (χ1) is 6.41. The van der Waals surface area contributed by atoms with Gasteiger partial charge in [0.25, 0.3) is 0 Å². The Bertz CT molecular complexity index is 50.9. The smallest absolute Gasteiger partial charge is 0.0967 e. The van der Waals surface area contributed by atoms with Crippen LogP contribution in [0.3, 0.4) is 0 Å². The molecule has 0 aromatic heterocycles. The van der Waals surface area contributed by atoms with Gasteiger partial charge in [0.1, 0.15) is 0 Å². The molecule has 0 amide bonds. The first-order valence-electron chi connectivity index (χ1n) is 5.53. The first kappa shape index (κ1) is 13.6. The fraction of sp³-hybridized carbons (Fsp3) is 1.00. The molecule has 0 bridgehead atoms. The van der Waals surface area contributed by atoms with Crippen molar-refractivity contribution in [3.8, 4) is 0 Å². The molecule has 0 saturated heterocycles. The standard InChI is InChI=1S/C10H20.CH2Cl2/c1-2-4-6-8-10-9-7-5-3-1;2-1-3/h1-10H2;1H2. The number of hydrogen-bond acceptors (Lipinski definition) is 0. The van der Waals surface area contributed by atoms with Crippen LogP contribution in [-0.4, -0.2) is 5.34 Å². The molecule has 1 aliphatic rings. The predicted octanol–water partition coefficient (Wildman–Crippen LogP) is 5.32. The van der Waals surface area contributed by atoms with Crippen LogP contribution in [0.5, 0.6) is 0 Å². The summed E-state index contributed by atoms with van der Waals surface area (Å²) in [4.78, 5) is 0. The van der Waals surface area contributed by atoms with E-state index in [1.807, 2.05) is 0 Å². The normalized spacial score (nSPS) is 19.8. The van der Waals surface area contributed by atoms with E-state index in [0.29, 0.717) is 0 Å². The lowest BCUT2D eigenvalue weighted by Crippen LogP contribution is -1.85. The molecule has 0 radical (unpaired) electrons. The molecule has 0 heterocycles. The minimum absolute atomic E-state index is 0.194. The monoisotopic (exact) mass is 224 g/mol. The summed E-state index contributed by atoms with van der Waals surface area (Å²) in [5.41, 5.74) is 0. The SMILES string of the molecule is C1CCCCCCCCC1.ClCCl. The largest absolute Gasteiger partial charge is 0.109 e. The van der Waals surface area contributed by atoms with Crippen LogP contribution in [0.15, 0.2) is 0 Å². The Balaban J connectivity index is 0.000000424. The molecule has 1 rings (SSSR count). The summed E-state index contributed by atoms with van der Waals surface area (Å²) in [7, 11) is 0. The van der Waals surface area contributed by atoms with E-state index in [2.05, 4.69) is 0 Å². The average Bonchev–Trinajstić information content (AvgIpc) is 2.16. The van der Waals surface area contributed by atoms with E-state index in [0.717, 1.165) is 0 Å². The molecule has 2 heteroatoms. The molecule has 0 N–H and O–H groups in total. The van der Waals surface area contributed by atoms with Gasteiger partial charge in [0.15, 0.2) is 0 Å². The van der Waals surface area contributed by atoms with Gasteiger partial charge in [-0.2, -0.15) is 0 Å². The van der Waals surface area contributed by atoms with Crippen molar-refractivity contribution in [3.05, 3.63) is 0 Å². The zero-order valence-corrected chi connectivity index (χ0v) is 10.0. The Morgan fingerprint density at radius 3 is 0.615 bits per heavy atom. The lowest BCUT2D eigenvalue weighted by atomic mass is 10.0. The molecule has 0 atom stereocenters. The second kappa shape index (κ2) is 12.6. The summed E-state index contributed by atoms with van der Waals surface area (Å²) in [6.07, 6.45) is 15.0. The summed E-state index contributed by atoms with van der Waals surface area (Å²) < 4.78 is 0. The highest BCUT2D eigenvalue weighted by Gasteiger charge is 1.95. The van der Waals surface area contributed by atoms with Crippen molar-refractivity contribution in [1.82, 2.24) is 0 Å². The highest BCUT2D eigenvalue weighted by molar-refractivity contribution is 6.40. The van der Waals surface area contributed by atoms with Gasteiger partial charge in [-0.1, -0.05) is 64.2 Å². The zero-order chi connectivity index (χ0) is 9.78. The van der Waals surface area contributed by atoms with Crippen LogP contribution < -0.4 is 0 Å². The van der Waals surface area contributed by atoms with Gasteiger partial charge in [-0.05, 0) is 0 Å². The van der Waals surface area contributed by atoms with Crippen LogP contribution in [0, 0.1) is 0 Å². The van der Waals surface area contributed by atoms with E-state index >= 15 is 0 Å². The summed E-state index contributed by atoms with van der Waals surface area (Å²) in [5, 5.41) is 0.194. The minimum atomic E-state index is 0.194. The molecule has 0 aliphatic heterocycles. The average molecular weight is 225 g/mol. The Morgan fingerprint density at radius 1 is 0.462 bits per heavy atom. The number of hydrogen-bond donors (Lipinski definition) is 0. The van der Waals surface area contributed by atoms with Crippen molar-refractivity contribution in [3.63, 3.8) is 0 Å². The van der Waals surface area contributed by atoms with E-state index in [1.165, 1.54) is 64.2 Å². The van der Waals surface area contributed by atoms with Gasteiger partial charge in [-0.15, -0.1) is 23.2 Å². The molecule has 80 valence electrons. The molecule has 0 spiro atoms. The molecule has 0 nitrogen and oxygen atoms in total. The number of alkyl halides is 2. The lowest BCUT2D eigenvalue weighted by molar-refractivity contribution is 0.504. The number of halogens is 2. The van der Waals surface area contributed by atoms with Crippen LogP contribution in [0.25, 0.3) is 0 Å². The van der Waals surface area contributed by atoms with Crippen LogP contribution >= 0.6 is 23.2 Å². The summed E-state index contributed by atoms with van der Waals surface area (Å²) in [6.45, 7) is 0. The molecule has 1 fully saturated rings. The van der Waals surface area contributed by atoms with Crippen LogP contribution in [0.4, 0.5) is 0 Å². The zero-order valence-electron chi connectivity index (χ0n) is 8.53. The van der Waals surface area contributed by atoms with Crippen molar-refractivity contribution in [2.45, 2.75) is 64.2 Å². The fourth-order valence-corrected chi connectivity index (χ4v) is 1.77. The van der Waals surface area contributed by atoms with E-state index < -0.39 is 0 Å². The molecular formula is C11H22Cl2. The topological polar surface area (TPSA) is 0 Å².